The third kappa shape index (κ3) is 3.72. The Labute approximate surface area is 145 Å². The second kappa shape index (κ2) is 7.41. The monoisotopic (exact) mass is 335 g/mol. The Bertz CT molecular complexity index is 918. The van der Waals surface area contributed by atoms with E-state index in [4.69, 9.17) is 18.8 Å². The summed E-state index contributed by atoms with van der Waals surface area (Å²) in [6, 6.07) is 13.3. The quantitative estimate of drug-likeness (QED) is 0.648. The van der Waals surface area contributed by atoms with Crippen molar-refractivity contribution in [2.24, 2.45) is 0 Å². The van der Waals surface area contributed by atoms with Gasteiger partial charge in [-0.05, 0) is 30.7 Å². The molecule has 0 aliphatic heterocycles. The highest BCUT2D eigenvalue weighted by molar-refractivity contribution is 5.54. The summed E-state index contributed by atoms with van der Waals surface area (Å²) in [7, 11) is 0. The average molecular weight is 335 g/mol. The van der Waals surface area contributed by atoms with E-state index in [9.17, 15) is 0 Å². The largest absolute Gasteiger partial charge is 0.485 e. The Kier molecular flexibility index (Phi) is 4.86. The molecule has 0 saturated heterocycles. The van der Waals surface area contributed by atoms with Crippen LogP contribution in [0.15, 0.2) is 57.9 Å². The number of nitrogens with one attached hydrogen (secondary N) is 1. The molecule has 3 rings (SSSR count). The third-order valence-corrected chi connectivity index (χ3v) is 3.48. The fourth-order valence-corrected chi connectivity index (χ4v) is 2.22. The zero-order chi connectivity index (χ0) is 17.6. The maximum absolute atomic E-state index is 9.13. The van der Waals surface area contributed by atoms with Gasteiger partial charge in [-0.2, -0.15) is 10.2 Å². The van der Waals surface area contributed by atoms with Crippen LogP contribution < -0.4 is 10.1 Å². The van der Waals surface area contributed by atoms with Gasteiger partial charge in [0.2, 0.25) is 11.6 Å². The van der Waals surface area contributed by atoms with Crippen molar-refractivity contribution in [2.75, 3.05) is 11.9 Å². The molecule has 25 heavy (non-hydrogen) atoms. The molecule has 0 atom stereocenters. The minimum absolute atomic E-state index is 0.172. The zero-order valence-corrected chi connectivity index (χ0v) is 13.8. The standard InChI is InChI=1S/C19H17N3O3/c1-3-10-21-18-15(11-20)22-19(25-18)17-9-8-14(24-17)12-23-16-7-5-4-6-13(16)2/h3-9,21H,1,10,12H2,2H3. The molecule has 2 heterocycles. The van der Waals surface area contributed by atoms with Crippen molar-refractivity contribution >= 4 is 5.88 Å². The van der Waals surface area contributed by atoms with Gasteiger partial charge >= 0.3 is 0 Å². The lowest BCUT2D eigenvalue weighted by atomic mass is 10.2. The summed E-state index contributed by atoms with van der Waals surface area (Å²) in [6.45, 7) is 6.35. The first-order valence-electron chi connectivity index (χ1n) is 7.74. The van der Waals surface area contributed by atoms with Crippen LogP contribution >= 0.6 is 0 Å². The molecule has 126 valence electrons. The minimum Gasteiger partial charge on any atom is -0.485 e. The van der Waals surface area contributed by atoms with Gasteiger partial charge in [-0.25, -0.2) is 0 Å². The van der Waals surface area contributed by atoms with Gasteiger partial charge in [-0.3, -0.25) is 0 Å². The van der Waals surface area contributed by atoms with E-state index < -0.39 is 0 Å². The molecule has 6 nitrogen and oxygen atoms in total. The summed E-state index contributed by atoms with van der Waals surface area (Å²) in [4.78, 5) is 4.14. The molecule has 2 aromatic heterocycles. The number of nitrogens with zero attached hydrogens (tertiary/aromatic N) is 2. The molecule has 6 heteroatoms. The molecule has 0 amide bonds. The van der Waals surface area contributed by atoms with E-state index in [1.54, 1.807) is 18.2 Å². The van der Waals surface area contributed by atoms with E-state index in [2.05, 4.69) is 16.9 Å². The van der Waals surface area contributed by atoms with E-state index in [0.717, 1.165) is 11.3 Å². The SMILES string of the molecule is C=CCNc1oc(-c2ccc(COc3ccccc3C)o2)nc1C#N. The van der Waals surface area contributed by atoms with E-state index >= 15 is 0 Å². The van der Waals surface area contributed by atoms with Gasteiger partial charge in [0, 0.05) is 6.54 Å². The molecule has 1 N–H and O–H groups in total. The van der Waals surface area contributed by atoms with Gasteiger partial charge in [0.15, 0.2) is 5.76 Å². The Balaban J connectivity index is 1.73. The molecular formula is C19H17N3O3. The van der Waals surface area contributed by atoms with Crippen molar-refractivity contribution in [3.05, 3.63) is 66.1 Å². The Hall–Kier alpha value is -3.46. The average Bonchev–Trinajstić information content (AvgIpc) is 3.25. The summed E-state index contributed by atoms with van der Waals surface area (Å²) in [5.41, 5.74) is 1.23. The fourth-order valence-electron chi connectivity index (χ4n) is 2.22. The predicted octanol–water partition coefficient (Wildman–Crippen LogP) is 4.29. The van der Waals surface area contributed by atoms with Gasteiger partial charge in [0.25, 0.3) is 5.89 Å². The number of rotatable bonds is 7. The summed E-state index contributed by atoms with van der Waals surface area (Å²) in [5.74, 6) is 2.41. The molecule has 0 saturated carbocycles. The van der Waals surface area contributed by atoms with E-state index in [1.165, 1.54) is 0 Å². The summed E-state index contributed by atoms with van der Waals surface area (Å²) >= 11 is 0. The van der Waals surface area contributed by atoms with Crippen LogP contribution in [0.1, 0.15) is 17.0 Å². The lowest BCUT2D eigenvalue weighted by Crippen LogP contribution is -1.97. The van der Waals surface area contributed by atoms with Crippen molar-refractivity contribution < 1.29 is 13.6 Å². The summed E-state index contributed by atoms with van der Waals surface area (Å²) in [6.07, 6.45) is 1.66. The van der Waals surface area contributed by atoms with E-state index in [-0.39, 0.29) is 18.2 Å². The van der Waals surface area contributed by atoms with Crippen LogP contribution in [0.4, 0.5) is 5.88 Å². The first-order chi connectivity index (χ1) is 12.2. The minimum atomic E-state index is 0.172. The van der Waals surface area contributed by atoms with Gasteiger partial charge in [-0.1, -0.05) is 24.3 Å². The second-order valence-corrected chi connectivity index (χ2v) is 5.30. The normalized spacial score (nSPS) is 10.2. The number of benzene rings is 1. The number of aromatic nitrogens is 1. The Morgan fingerprint density at radius 3 is 2.88 bits per heavy atom. The number of hydrogen-bond donors (Lipinski definition) is 1. The molecule has 0 spiro atoms. The summed E-state index contributed by atoms with van der Waals surface area (Å²) < 4.78 is 17.0. The number of nitriles is 1. The van der Waals surface area contributed by atoms with Gasteiger partial charge in [0.05, 0.1) is 0 Å². The van der Waals surface area contributed by atoms with Crippen molar-refractivity contribution in [2.45, 2.75) is 13.5 Å². The first-order valence-corrected chi connectivity index (χ1v) is 7.74. The van der Waals surface area contributed by atoms with Crippen LogP contribution in [0.5, 0.6) is 5.75 Å². The number of para-hydroxylation sites is 1. The number of anilines is 1. The van der Waals surface area contributed by atoms with Crippen molar-refractivity contribution in [3.63, 3.8) is 0 Å². The highest BCUT2D eigenvalue weighted by atomic mass is 16.5. The highest BCUT2D eigenvalue weighted by Crippen LogP contribution is 2.27. The molecule has 0 bridgehead atoms. The maximum Gasteiger partial charge on any atom is 0.266 e. The smallest absolute Gasteiger partial charge is 0.266 e. The Morgan fingerprint density at radius 1 is 1.28 bits per heavy atom. The molecule has 1 aromatic carbocycles. The van der Waals surface area contributed by atoms with Crippen molar-refractivity contribution in [1.82, 2.24) is 4.98 Å². The predicted molar refractivity (Wildman–Crippen MR) is 93.1 cm³/mol. The van der Waals surface area contributed by atoms with Crippen LogP contribution in [-0.4, -0.2) is 11.5 Å². The van der Waals surface area contributed by atoms with Crippen LogP contribution in [0.2, 0.25) is 0 Å². The highest BCUT2D eigenvalue weighted by Gasteiger charge is 2.17. The maximum atomic E-state index is 9.13. The molecule has 3 aromatic rings. The number of aryl methyl sites for hydroxylation is 1. The van der Waals surface area contributed by atoms with Crippen molar-refractivity contribution in [1.29, 1.82) is 5.26 Å². The van der Waals surface area contributed by atoms with Crippen LogP contribution in [0, 0.1) is 18.3 Å². The third-order valence-electron chi connectivity index (χ3n) is 3.48. The number of oxazole rings is 1. The number of hydrogen-bond acceptors (Lipinski definition) is 6. The number of ether oxygens (including phenoxy) is 1. The molecule has 0 unspecified atom stereocenters. The Morgan fingerprint density at radius 2 is 2.12 bits per heavy atom. The van der Waals surface area contributed by atoms with Crippen LogP contribution in [0.3, 0.4) is 0 Å². The molecular weight excluding hydrogens is 318 g/mol. The fraction of sp³-hybridized carbons (Fsp3) is 0.158. The van der Waals surface area contributed by atoms with Gasteiger partial charge in [0.1, 0.15) is 24.2 Å². The number of furan rings is 1. The summed E-state index contributed by atoms with van der Waals surface area (Å²) in [5, 5.41) is 12.1. The van der Waals surface area contributed by atoms with Gasteiger partial charge in [-0.15, -0.1) is 6.58 Å². The van der Waals surface area contributed by atoms with Crippen molar-refractivity contribution in [3.8, 4) is 23.5 Å². The van der Waals surface area contributed by atoms with E-state index in [0.29, 0.717) is 23.9 Å². The lowest BCUT2D eigenvalue weighted by Gasteiger charge is -2.06. The van der Waals surface area contributed by atoms with Crippen LogP contribution in [0.25, 0.3) is 11.7 Å². The zero-order valence-electron chi connectivity index (χ0n) is 13.8. The first kappa shape index (κ1) is 16.4. The molecule has 0 aliphatic rings. The lowest BCUT2D eigenvalue weighted by molar-refractivity contribution is 0.269. The molecule has 0 radical (unpaired) electrons. The molecule has 0 fully saturated rings. The topological polar surface area (TPSA) is 84.2 Å². The van der Waals surface area contributed by atoms with Gasteiger partial charge < -0.3 is 18.9 Å². The second-order valence-electron chi connectivity index (χ2n) is 5.30. The van der Waals surface area contributed by atoms with E-state index in [1.807, 2.05) is 37.3 Å². The van der Waals surface area contributed by atoms with Crippen LogP contribution in [-0.2, 0) is 6.61 Å². The molecule has 0 aliphatic carbocycles.